The number of amides is 1. The summed E-state index contributed by atoms with van der Waals surface area (Å²) in [6.45, 7) is 4.11. The molecule has 1 aliphatic heterocycles. The Balaban J connectivity index is 1.85. The van der Waals surface area contributed by atoms with Gasteiger partial charge >= 0.3 is 5.97 Å². The van der Waals surface area contributed by atoms with Gasteiger partial charge in [-0.05, 0) is 37.3 Å². The van der Waals surface area contributed by atoms with E-state index in [2.05, 4.69) is 5.32 Å². The molecule has 7 heteroatoms. The number of carbonyl (C=O) groups excluding carboxylic acids is 1. The number of nitrogens with one attached hydrogen (secondary N) is 1. The third kappa shape index (κ3) is 4.88. The van der Waals surface area contributed by atoms with Gasteiger partial charge in [-0.2, -0.15) is 0 Å². The summed E-state index contributed by atoms with van der Waals surface area (Å²) in [5.74, 6) is -1.34. The monoisotopic (exact) mass is 384 g/mol. The van der Waals surface area contributed by atoms with Gasteiger partial charge in [-0.3, -0.25) is 4.79 Å². The molecule has 0 saturated carbocycles. The molecule has 0 aliphatic carbocycles. The number of rotatable bonds is 6. The van der Waals surface area contributed by atoms with Gasteiger partial charge in [0.1, 0.15) is 0 Å². The van der Waals surface area contributed by atoms with Crippen molar-refractivity contribution in [3.05, 3.63) is 59.2 Å². The van der Waals surface area contributed by atoms with E-state index < -0.39 is 5.97 Å². The molecule has 0 radical (unpaired) electrons. The fourth-order valence-electron chi connectivity index (χ4n) is 3.13. The van der Waals surface area contributed by atoms with Gasteiger partial charge in [0.05, 0.1) is 42.9 Å². The zero-order valence-corrected chi connectivity index (χ0v) is 16.0. The lowest BCUT2D eigenvalue weighted by molar-refractivity contribution is -0.0837. The Morgan fingerprint density at radius 3 is 2.68 bits per heavy atom. The van der Waals surface area contributed by atoms with Crippen molar-refractivity contribution in [2.75, 3.05) is 43.6 Å². The minimum Gasteiger partial charge on any atom is -0.478 e. The highest BCUT2D eigenvalue weighted by atomic mass is 16.6. The molecule has 2 N–H and O–H groups in total. The van der Waals surface area contributed by atoms with E-state index in [9.17, 15) is 14.7 Å². The van der Waals surface area contributed by atoms with Crippen LogP contribution in [0.25, 0.3) is 0 Å². The summed E-state index contributed by atoms with van der Waals surface area (Å²) in [7, 11) is 1.87. The molecule has 3 rings (SSSR count). The SMILES string of the molecule is Cc1cccc(C(=O)Nc2cc(C(=O)O)ccc2N(C)CC2COCCO2)c1. The number of ether oxygens (including phenoxy) is 2. The van der Waals surface area contributed by atoms with Crippen molar-refractivity contribution in [2.24, 2.45) is 0 Å². The van der Waals surface area contributed by atoms with Crippen molar-refractivity contribution >= 4 is 23.3 Å². The second-order valence-electron chi connectivity index (χ2n) is 6.81. The maximum absolute atomic E-state index is 12.7. The minimum absolute atomic E-state index is 0.0850. The van der Waals surface area contributed by atoms with Crippen LogP contribution < -0.4 is 10.2 Å². The Labute approximate surface area is 163 Å². The van der Waals surface area contributed by atoms with Gasteiger partial charge < -0.3 is 24.8 Å². The van der Waals surface area contributed by atoms with Crippen LogP contribution in [0.3, 0.4) is 0 Å². The molecule has 0 bridgehead atoms. The molecule has 1 aliphatic rings. The number of carbonyl (C=O) groups is 2. The Bertz CT molecular complexity index is 862. The van der Waals surface area contributed by atoms with E-state index in [4.69, 9.17) is 9.47 Å². The van der Waals surface area contributed by atoms with Gasteiger partial charge in [0.25, 0.3) is 5.91 Å². The largest absolute Gasteiger partial charge is 0.478 e. The third-order valence-corrected chi connectivity index (χ3v) is 4.55. The Morgan fingerprint density at radius 2 is 2.00 bits per heavy atom. The molecule has 1 saturated heterocycles. The molecule has 1 unspecified atom stereocenters. The molecule has 7 nitrogen and oxygen atoms in total. The summed E-state index contributed by atoms with van der Waals surface area (Å²) in [5.41, 5.74) is 2.73. The highest BCUT2D eigenvalue weighted by Crippen LogP contribution is 2.28. The summed E-state index contributed by atoms with van der Waals surface area (Å²) < 4.78 is 11.1. The van der Waals surface area contributed by atoms with Gasteiger partial charge in [-0.15, -0.1) is 0 Å². The average molecular weight is 384 g/mol. The Hall–Kier alpha value is -2.90. The van der Waals surface area contributed by atoms with Crippen molar-refractivity contribution in [3.63, 3.8) is 0 Å². The molecular weight excluding hydrogens is 360 g/mol. The van der Waals surface area contributed by atoms with Crippen LogP contribution in [0.4, 0.5) is 11.4 Å². The van der Waals surface area contributed by atoms with E-state index in [1.807, 2.05) is 31.0 Å². The number of carboxylic acids is 1. The summed E-state index contributed by atoms with van der Waals surface area (Å²) in [5, 5.41) is 12.2. The fourth-order valence-corrected chi connectivity index (χ4v) is 3.13. The summed E-state index contributed by atoms with van der Waals surface area (Å²) in [4.78, 5) is 26.0. The topological polar surface area (TPSA) is 88.1 Å². The van der Waals surface area contributed by atoms with Crippen LogP contribution >= 0.6 is 0 Å². The highest BCUT2D eigenvalue weighted by Gasteiger charge is 2.20. The van der Waals surface area contributed by atoms with E-state index in [0.29, 0.717) is 43.3 Å². The first-order valence-electron chi connectivity index (χ1n) is 9.10. The van der Waals surface area contributed by atoms with E-state index >= 15 is 0 Å². The normalized spacial score (nSPS) is 16.4. The first-order chi connectivity index (χ1) is 13.4. The lowest BCUT2D eigenvalue weighted by Crippen LogP contribution is -2.38. The molecule has 0 aromatic heterocycles. The van der Waals surface area contributed by atoms with Crippen molar-refractivity contribution in [1.82, 2.24) is 0 Å². The standard InChI is InChI=1S/C21H24N2O5/c1-14-4-3-5-15(10-14)20(24)22-18-11-16(21(25)26)6-7-19(18)23(2)12-17-13-27-8-9-28-17/h3-7,10-11,17H,8-9,12-13H2,1-2H3,(H,22,24)(H,25,26). The number of benzene rings is 2. The average Bonchev–Trinajstić information content (AvgIpc) is 2.68. The number of aromatic carboxylic acids is 1. The van der Waals surface area contributed by atoms with Crippen LogP contribution in [0.1, 0.15) is 26.3 Å². The minimum atomic E-state index is -1.05. The van der Waals surface area contributed by atoms with E-state index in [1.165, 1.54) is 12.1 Å². The van der Waals surface area contributed by atoms with Crippen molar-refractivity contribution in [3.8, 4) is 0 Å². The predicted molar refractivity (Wildman–Crippen MR) is 106 cm³/mol. The van der Waals surface area contributed by atoms with Gasteiger partial charge in [-0.1, -0.05) is 17.7 Å². The second-order valence-corrected chi connectivity index (χ2v) is 6.81. The molecule has 1 heterocycles. The zero-order chi connectivity index (χ0) is 20.1. The number of nitrogens with zero attached hydrogens (tertiary/aromatic N) is 1. The van der Waals surface area contributed by atoms with Gasteiger partial charge in [0, 0.05) is 19.2 Å². The maximum atomic E-state index is 12.7. The van der Waals surface area contributed by atoms with Gasteiger partial charge in [0.2, 0.25) is 0 Å². The predicted octanol–water partition coefficient (Wildman–Crippen LogP) is 2.80. The molecule has 1 fully saturated rings. The van der Waals surface area contributed by atoms with Crippen LogP contribution in [0.15, 0.2) is 42.5 Å². The van der Waals surface area contributed by atoms with Gasteiger partial charge in [-0.25, -0.2) is 4.79 Å². The first-order valence-corrected chi connectivity index (χ1v) is 9.10. The number of likely N-dealkylation sites (N-methyl/N-ethyl adjacent to an activating group) is 1. The quantitative estimate of drug-likeness (QED) is 0.796. The van der Waals surface area contributed by atoms with Crippen LogP contribution in [0.2, 0.25) is 0 Å². The molecule has 148 valence electrons. The molecule has 2 aromatic rings. The van der Waals surface area contributed by atoms with Crippen molar-refractivity contribution < 1.29 is 24.2 Å². The first kappa shape index (κ1) is 19.9. The van der Waals surface area contributed by atoms with Crippen molar-refractivity contribution in [2.45, 2.75) is 13.0 Å². The second kappa shape index (κ2) is 8.86. The Kier molecular flexibility index (Phi) is 6.28. The lowest BCUT2D eigenvalue weighted by atomic mass is 10.1. The molecule has 1 amide bonds. The number of hydrogen-bond acceptors (Lipinski definition) is 5. The van der Waals surface area contributed by atoms with Gasteiger partial charge in [0.15, 0.2) is 0 Å². The number of anilines is 2. The molecule has 1 atom stereocenters. The van der Waals surface area contributed by atoms with Crippen LogP contribution in [0, 0.1) is 6.92 Å². The van der Waals surface area contributed by atoms with E-state index in [0.717, 1.165) is 5.56 Å². The van der Waals surface area contributed by atoms with Crippen LogP contribution in [-0.4, -0.2) is 56.5 Å². The zero-order valence-electron chi connectivity index (χ0n) is 16.0. The van der Waals surface area contributed by atoms with Crippen molar-refractivity contribution in [1.29, 1.82) is 0 Å². The van der Waals surface area contributed by atoms with Crippen LogP contribution in [0.5, 0.6) is 0 Å². The summed E-state index contributed by atoms with van der Waals surface area (Å²) in [6.07, 6.45) is -0.0850. The number of aryl methyl sites for hydroxylation is 1. The number of carboxylic acid groups (broad SMARTS) is 1. The summed E-state index contributed by atoms with van der Waals surface area (Å²) in [6, 6.07) is 11.9. The Morgan fingerprint density at radius 1 is 1.18 bits per heavy atom. The van der Waals surface area contributed by atoms with Crippen LogP contribution in [-0.2, 0) is 9.47 Å². The van der Waals surface area contributed by atoms with E-state index in [-0.39, 0.29) is 17.6 Å². The van der Waals surface area contributed by atoms with E-state index in [1.54, 1.807) is 18.2 Å². The molecular formula is C21H24N2O5. The maximum Gasteiger partial charge on any atom is 0.335 e. The summed E-state index contributed by atoms with van der Waals surface area (Å²) >= 11 is 0. The smallest absolute Gasteiger partial charge is 0.335 e. The fraction of sp³-hybridized carbons (Fsp3) is 0.333. The number of hydrogen-bond donors (Lipinski definition) is 2. The lowest BCUT2D eigenvalue weighted by Gasteiger charge is -2.30. The molecule has 0 spiro atoms. The highest BCUT2D eigenvalue weighted by molar-refractivity contribution is 6.06. The molecule has 2 aromatic carbocycles. The molecule has 28 heavy (non-hydrogen) atoms. The third-order valence-electron chi connectivity index (χ3n) is 4.55.